The van der Waals surface area contributed by atoms with E-state index in [1.807, 2.05) is 24.3 Å². The number of aliphatic carboxylic acids is 1. The Bertz CT molecular complexity index is 683. The van der Waals surface area contributed by atoms with Gasteiger partial charge in [0.2, 0.25) is 5.89 Å². The fourth-order valence-corrected chi connectivity index (χ4v) is 3.36. The molecule has 0 aliphatic carbocycles. The van der Waals surface area contributed by atoms with Crippen molar-refractivity contribution in [2.75, 3.05) is 13.1 Å². The number of likely N-dealkylation sites (tertiary alicyclic amines) is 1. The van der Waals surface area contributed by atoms with E-state index in [1.165, 1.54) is 0 Å². The number of piperidine rings is 1. The predicted molar refractivity (Wildman–Crippen MR) is 89.8 cm³/mol. The molecule has 0 bridgehead atoms. The zero-order valence-corrected chi connectivity index (χ0v) is 14.5. The third-order valence-corrected chi connectivity index (χ3v) is 4.65. The molecule has 1 N–H and O–H groups in total. The first-order chi connectivity index (χ1) is 11.0. The van der Waals surface area contributed by atoms with E-state index in [2.05, 4.69) is 32.7 Å². The van der Waals surface area contributed by atoms with Crippen LogP contribution in [0.1, 0.15) is 19.2 Å². The fraction of sp³-hybridized carbons (Fsp3) is 0.412. The van der Waals surface area contributed by atoms with Crippen molar-refractivity contribution in [1.29, 1.82) is 0 Å². The maximum Gasteiger partial charge on any atom is 0.307 e. The van der Waals surface area contributed by atoms with E-state index in [-0.39, 0.29) is 5.92 Å². The summed E-state index contributed by atoms with van der Waals surface area (Å²) >= 11 is 3.41. The maximum atomic E-state index is 11.2. The van der Waals surface area contributed by atoms with Gasteiger partial charge in [0.25, 0.3) is 0 Å². The molecule has 0 amide bonds. The summed E-state index contributed by atoms with van der Waals surface area (Å²) in [5.74, 6) is 0.698. The monoisotopic (exact) mass is 378 g/mol. The Hall–Kier alpha value is -1.66. The van der Waals surface area contributed by atoms with Crippen LogP contribution in [0.3, 0.4) is 0 Å². The summed E-state index contributed by atoms with van der Waals surface area (Å²) in [6.45, 7) is 4.06. The highest BCUT2D eigenvalue weighted by atomic mass is 79.9. The molecule has 0 saturated carbocycles. The number of carboxylic acids is 1. The van der Waals surface area contributed by atoms with Gasteiger partial charge >= 0.3 is 5.97 Å². The minimum absolute atomic E-state index is 0.306. The number of oxazole rings is 1. The molecule has 2 atom stereocenters. The van der Waals surface area contributed by atoms with E-state index in [1.54, 1.807) is 6.20 Å². The van der Waals surface area contributed by atoms with Crippen LogP contribution in [0.15, 0.2) is 39.4 Å². The third-order valence-electron chi connectivity index (χ3n) is 4.13. The van der Waals surface area contributed by atoms with Crippen molar-refractivity contribution >= 4 is 21.9 Å². The molecule has 1 saturated heterocycles. The minimum atomic E-state index is -0.718. The lowest BCUT2D eigenvalue weighted by Gasteiger charge is -2.33. The normalized spacial score (nSPS) is 22.2. The second kappa shape index (κ2) is 6.84. The number of nitrogens with zero attached hydrogens (tertiary/aromatic N) is 2. The molecule has 1 aliphatic heterocycles. The van der Waals surface area contributed by atoms with Crippen LogP contribution < -0.4 is 0 Å². The van der Waals surface area contributed by atoms with Gasteiger partial charge in [-0.2, -0.15) is 0 Å². The number of aromatic nitrogens is 1. The van der Waals surface area contributed by atoms with E-state index >= 15 is 0 Å². The van der Waals surface area contributed by atoms with Gasteiger partial charge in [-0.25, -0.2) is 4.98 Å². The first-order valence-corrected chi connectivity index (χ1v) is 8.46. The summed E-state index contributed by atoms with van der Waals surface area (Å²) in [5.41, 5.74) is 0.974. The highest BCUT2D eigenvalue weighted by Crippen LogP contribution is 2.26. The Labute approximate surface area is 143 Å². The van der Waals surface area contributed by atoms with Crippen LogP contribution in [-0.4, -0.2) is 34.0 Å². The summed E-state index contributed by atoms with van der Waals surface area (Å²) in [6.07, 6.45) is 2.46. The summed E-state index contributed by atoms with van der Waals surface area (Å²) in [5, 5.41) is 9.25. The molecule has 1 fully saturated rings. The van der Waals surface area contributed by atoms with Crippen molar-refractivity contribution in [2.45, 2.75) is 19.9 Å². The Kier molecular flexibility index (Phi) is 4.82. The van der Waals surface area contributed by atoms with Crippen molar-refractivity contribution in [3.8, 4) is 11.3 Å². The Balaban J connectivity index is 1.69. The lowest BCUT2D eigenvalue weighted by Crippen LogP contribution is -2.42. The lowest BCUT2D eigenvalue weighted by atomic mass is 9.90. The maximum absolute atomic E-state index is 11.2. The summed E-state index contributed by atoms with van der Waals surface area (Å²) < 4.78 is 6.84. The Morgan fingerprint density at radius 1 is 1.39 bits per heavy atom. The number of carbonyl (C=O) groups is 1. The van der Waals surface area contributed by atoms with E-state index in [0.29, 0.717) is 24.9 Å². The molecule has 2 heterocycles. The number of hydrogen-bond acceptors (Lipinski definition) is 4. The van der Waals surface area contributed by atoms with Gasteiger partial charge in [0.15, 0.2) is 5.76 Å². The van der Waals surface area contributed by atoms with Gasteiger partial charge in [-0.05, 0) is 24.5 Å². The van der Waals surface area contributed by atoms with E-state index in [0.717, 1.165) is 28.8 Å². The van der Waals surface area contributed by atoms with E-state index < -0.39 is 5.97 Å². The number of rotatable bonds is 4. The molecule has 1 aromatic heterocycles. The molecule has 6 heteroatoms. The summed E-state index contributed by atoms with van der Waals surface area (Å²) in [7, 11) is 0. The molecule has 0 spiro atoms. The molecule has 0 radical (unpaired) electrons. The average molecular weight is 379 g/mol. The molecular weight excluding hydrogens is 360 g/mol. The van der Waals surface area contributed by atoms with Gasteiger partial charge in [-0.3, -0.25) is 9.69 Å². The Morgan fingerprint density at radius 2 is 2.13 bits per heavy atom. The van der Waals surface area contributed by atoms with Crippen LogP contribution >= 0.6 is 15.9 Å². The fourth-order valence-electron chi connectivity index (χ4n) is 3.09. The minimum Gasteiger partial charge on any atom is -0.481 e. The number of hydrogen-bond donors (Lipinski definition) is 1. The lowest BCUT2D eigenvalue weighted by molar-refractivity contribution is -0.144. The SMILES string of the molecule is CC1CC(C(=O)O)CN(Cc2ncc(-c3ccc(Br)cc3)o2)C1. The highest BCUT2D eigenvalue weighted by molar-refractivity contribution is 9.10. The molecule has 2 aromatic rings. The molecule has 5 nitrogen and oxygen atoms in total. The quantitative estimate of drug-likeness (QED) is 0.879. The standard InChI is InChI=1S/C17H19BrN2O3/c1-11-6-13(17(21)22)9-20(8-11)10-16-19-7-15(23-16)12-2-4-14(18)5-3-12/h2-5,7,11,13H,6,8-10H2,1H3,(H,21,22). The second-order valence-electron chi connectivity index (χ2n) is 6.20. The zero-order chi connectivity index (χ0) is 16.4. The molecular formula is C17H19BrN2O3. The van der Waals surface area contributed by atoms with Crippen LogP contribution in [0.2, 0.25) is 0 Å². The molecule has 1 aromatic carbocycles. The van der Waals surface area contributed by atoms with Gasteiger partial charge in [-0.1, -0.05) is 35.0 Å². The number of halogens is 1. The highest BCUT2D eigenvalue weighted by Gasteiger charge is 2.30. The smallest absolute Gasteiger partial charge is 0.307 e. The van der Waals surface area contributed by atoms with Gasteiger partial charge < -0.3 is 9.52 Å². The number of carboxylic acid groups (broad SMARTS) is 1. The first-order valence-electron chi connectivity index (χ1n) is 7.67. The number of benzene rings is 1. The molecule has 1 aliphatic rings. The Morgan fingerprint density at radius 3 is 2.83 bits per heavy atom. The van der Waals surface area contributed by atoms with Gasteiger partial charge in [0, 0.05) is 23.1 Å². The van der Waals surface area contributed by atoms with Gasteiger partial charge in [0.05, 0.1) is 18.7 Å². The third kappa shape index (κ3) is 4.00. The van der Waals surface area contributed by atoms with Crippen molar-refractivity contribution in [1.82, 2.24) is 9.88 Å². The largest absolute Gasteiger partial charge is 0.481 e. The molecule has 23 heavy (non-hydrogen) atoms. The first kappa shape index (κ1) is 16.2. The molecule has 3 rings (SSSR count). The van der Waals surface area contributed by atoms with Crippen LogP contribution in [0.4, 0.5) is 0 Å². The topological polar surface area (TPSA) is 66.6 Å². The predicted octanol–water partition coefficient (Wildman–Crippen LogP) is 3.65. The van der Waals surface area contributed by atoms with Crippen molar-refractivity contribution in [2.24, 2.45) is 11.8 Å². The van der Waals surface area contributed by atoms with Crippen LogP contribution in [0, 0.1) is 11.8 Å². The van der Waals surface area contributed by atoms with Gasteiger partial charge in [0.1, 0.15) is 0 Å². The van der Waals surface area contributed by atoms with Crippen LogP contribution in [0.5, 0.6) is 0 Å². The summed E-state index contributed by atoms with van der Waals surface area (Å²) in [6, 6.07) is 7.86. The van der Waals surface area contributed by atoms with Crippen molar-refractivity contribution in [3.05, 3.63) is 40.8 Å². The average Bonchev–Trinajstić information content (AvgIpc) is 2.95. The van der Waals surface area contributed by atoms with Gasteiger partial charge in [-0.15, -0.1) is 0 Å². The molecule has 2 unspecified atom stereocenters. The van der Waals surface area contributed by atoms with E-state index in [9.17, 15) is 9.90 Å². The van der Waals surface area contributed by atoms with Crippen molar-refractivity contribution < 1.29 is 14.3 Å². The van der Waals surface area contributed by atoms with E-state index in [4.69, 9.17) is 4.42 Å². The summed E-state index contributed by atoms with van der Waals surface area (Å²) in [4.78, 5) is 17.7. The van der Waals surface area contributed by atoms with Crippen molar-refractivity contribution in [3.63, 3.8) is 0 Å². The van der Waals surface area contributed by atoms with Crippen LogP contribution in [-0.2, 0) is 11.3 Å². The van der Waals surface area contributed by atoms with Crippen LogP contribution in [0.25, 0.3) is 11.3 Å². The molecule has 122 valence electrons. The second-order valence-corrected chi connectivity index (χ2v) is 7.11. The zero-order valence-electron chi connectivity index (χ0n) is 12.9.